The summed E-state index contributed by atoms with van der Waals surface area (Å²) >= 11 is 5.13. The lowest BCUT2D eigenvalue weighted by Gasteiger charge is -1.99. The predicted octanol–water partition coefficient (Wildman–Crippen LogP) is 2.13. The maximum Gasteiger partial charge on any atom is 0.179 e. The number of hydrogen-bond acceptors (Lipinski definition) is 1. The fourth-order valence-corrected chi connectivity index (χ4v) is 1.11. The van der Waals surface area contributed by atoms with E-state index in [0.29, 0.717) is 0 Å². The molecule has 2 nitrogen and oxygen atoms in total. The molecule has 0 aliphatic rings. The highest BCUT2D eigenvalue weighted by Crippen LogP contribution is 1.99. The van der Waals surface area contributed by atoms with Crippen LogP contribution in [0.15, 0.2) is 24.5 Å². The van der Waals surface area contributed by atoms with Crippen LogP contribution in [0.1, 0.15) is 6.92 Å². The van der Waals surface area contributed by atoms with Gasteiger partial charge in [0.25, 0.3) is 0 Å². The van der Waals surface area contributed by atoms with Gasteiger partial charge in [0.05, 0.1) is 0 Å². The molecule has 0 N–H and O–H groups in total. The van der Waals surface area contributed by atoms with Gasteiger partial charge in [0.15, 0.2) is 4.77 Å². The van der Waals surface area contributed by atoms with Gasteiger partial charge >= 0.3 is 0 Å². The molecule has 0 aromatic carbocycles. The van der Waals surface area contributed by atoms with Gasteiger partial charge in [-0.15, -0.1) is 0 Å². The highest BCUT2D eigenvalue weighted by molar-refractivity contribution is 7.71. The summed E-state index contributed by atoms with van der Waals surface area (Å²) in [6.45, 7) is 6.64. The topological polar surface area (TPSA) is 9.86 Å². The maximum absolute atomic E-state index is 5.13. The lowest BCUT2D eigenvalue weighted by atomic mass is 10.3. The Bertz CT molecular complexity index is 319. The van der Waals surface area contributed by atoms with Gasteiger partial charge in [0.1, 0.15) is 0 Å². The second-order valence-corrected chi connectivity index (χ2v) is 3.14. The number of nitrogens with zero attached hydrogens (tertiary/aromatic N) is 2. The first-order valence-corrected chi connectivity index (χ1v) is 3.88. The molecule has 0 bridgehead atoms. The van der Waals surface area contributed by atoms with Crippen molar-refractivity contribution in [2.75, 3.05) is 0 Å². The fraction of sp³-hybridized carbons (Fsp3) is 0.375. The zero-order valence-corrected chi connectivity index (χ0v) is 7.69. The minimum atomic E-state index is 0.819. The van der Waals surface area contributed by atoms with E-state index in [9.17, 15) is 0 Å². The van der Waals surface area contributed by atoms with Crippen molar-refractivity contribution < 1.29 is 0 Å². The molecule has 1 heterocycles. The molecule has 1 rings (SSSR count). The Balaban J connectivity index is 2.97. The molecule has 0 aliphatic heterocycles. The molecule has 0 amide bonds. The third-order valence-corrected chi connectivity index (χ3v) is 1.98. The van der Waals surface area contributed by atoms with E-state index in [-0.39, 0.29) is 0 Å². The minimum Gasteiger partial charge on any atom is -0.327 e. The minimum absolute atomic E-state index is 0.819. The molecule has 1 aromatic heterocycles. The molecule has 0 radical (unpaired) electrons. The van der Waals surface area contributed by atoms with E-state index in [4.69, 9.17) is 12.2 Å². The molecule has 0 saturated carbocycles. The lowest BCUT2D eigenvalue weighted by molar-refractivity contribution is 0.739. The van der Waals surface area contributed by atoms with Crippen LogP contribution in [0.2, 0.25) is 0 Å². The number of hydrogen-bond donors (Lipinski definition) is 0. The third-order valence-electron chi connectivity index (χ3n) is 1.46. The number of allylic oxidation sites excluding steroid dienone is 1. The summed E-state index contributed by atoms with van der Waals surface area (Å²) in [7, 11) is 1.94. The summed E-state index contributed by atoms with van der Waals surface area (Å²) in [4.78, 5) is 0. The van der Waals surface area contributed by atoms with Gasteiger partial charge in [0, 0.05) is 26.0 Å². The number of aryl methyl sites for hydroxylation is 1. The lowest BCUT2D eigenvalue weighted by Crippen LogP contribution is -1.98. The van der Waals surface area contributed by atoms with Crippen molar-refractivity contribution in [3.05, 3.63) is 29.3 Å². The van der Waals surface area contributed by atoms with E-state index >= 15 is 0 Å². The Hall–Kier alpha value is -0.830. The summed E-state index contributed by atoms with van der Waals surface area (Å²) in [5, 5.41) is 0. The molecule has 0 atom stereocenters. The summed E-state index contributed by atoms with van der Waals surface area (Å²) in [5.74, 6) is 0. The molecule has 0 unspecified atom stereocenters. The largest absolute Gasteiger partial charge is 0.327 e. The van der Waals surface area contributed by atoms with Crippen molar-refractivity contribution in [3.63, 3.8) is 0 Å². The quantitative estimate of drug-likeness (QED) is 0.486. The second kappa shape index (κ2) is 3.05. The molecule has 0 fully saturated rings. The zero-order chi connectivity index (χ0) is 8.43. The van der Waals surface area contributed by atoms with Crippen molar-refractivity contribution in [3.8, 4) is 0 Å². The standard InChI is InChI=1S/C8H12N2S/c1-7(2)6-10-5-4-9(3)8(10)11/h4-5H,1,6H2,2-3H3. The Morgan fingerprint density at radius 1 is 1.64 bits per heavy atom. The highest BCUT2D eigenvalue weighted by Gasteiger charge is 1.94. The molecule has 0 spiro atoms. The van der Waals surface area contributed by atoms with Crippen LogP contribution >= 0.6 is 12.2 Å². The number of rotatable bonds is 2. The van der Waals surface area contributed by atoms with Crippen molar-refractivity contribution in [1.82, 2.24) is 9.13 Å². The molecule has 3 heteroatoms. The normalized spacial score (nSPS) is 10.0. The van der Waals surface area contributed by atoms with Crippen LogP contribution in [-0.4, -0.2) is 9.13 Å². The van der Waals surface area contributed by atoms with Crippen LogP contribution in [0.4, 0.5) is 0 Å². The van der Waals surface area contributed by atoms with Gasteiger partial charge in [-0.25, -0.2) is 0 Å². The van der Waals surface area contributed by atoms with E-state index in [1.807, 2.05) is 35.5 Å². The van der Waals surface area contributed by atoms with Gasteiger partial charge in [0.2, 0.25) is 0 Å². The first kappa shape index (κ1) is 8.27. The number of aromatic nitrogens is 2. The molecule has 0 aliphatic carbocycles. The van der Waals surface area contributed by atoms with Crippen LogP contribution in [0, 0.1) is 4.77 Å². The van der Waals surface area contributed by atoms with Crippen molar-refractivity contribution in [2.45, 2.75) is 13.5 Å². The maximum atomic E-state index is 5.13. The number of imidazole rings is 1. The molecular formula is C8H12N2S. The molecule has 1 aromatic rings. The Kier molecular flexibility index (Phi) is 2.29. The van der Waals surface area contributed by atoms with Crippen LogP contribution in [0.3, 0.4) is 0 Å². The molecule has 60 valence electrons. The van der Waals surface area contributed by atoms with E-state index in [1.54, 1.807) is 0 Å². The Morgan fingerprint density at radius 3 is 2.64 bits per heavy atom. The Labute approximate surface area is 71.8 Å². The van der Waals surface area contributed by atoms with Crippen molar-refractivity contribution in [1.29, 1.82) is 0 Å². The van der Waals surface area contributed by atoms with Gasteiger partial charge in [-0.05, 0) is 19.1 Å². The van der Waals surface area contributed by atoms with E-state index in [1.165, 1.54) is 0 Å². The van der Waals surface area contributed by atoms with Gasteiger partial charge in [-0.1, -0.05) is 12.2 Å². The molecule has 0 saturated heterocycles. The fourth-order valence-electron chi connectivity index (χ4n) is 0.922. The molecular weight excluding hydrogens is 156 g/mol. The SMILES string of the molecule is C=C(C)Cn1ccn(C)c1=S. The first-order chi connectivity index (χ1) is 5.11. The first-order valence-electron chi connectivity index (χ1n) is 3.47. The monoisotopic (exact) mass is 168 g/mol. The predicted molar refractivity (Wildman–Crippen MR) is 49.1 cm³/mol. The van der Waals surface area contributed by atoms with Crippen LogP contribution in [-0.2, 0) is 13.6 Å². The van der Waals surface area contributed by atoms with Crippen LogP contribution in [0.25, 0.3) is 0 Å². The highest BCUT2D eigenvalue weighted by atomic mass is 32.1. The van der Waals surface area contributed by atoms with E-state index in [2.05, 4.69) is 6.58 Å². The summed E-state index contributed by atoms with van der Waals surface area (Å²) in [6, 6.07) is 0. The van der Waals surface area contributed by atoms with Crippen molar-refractivity contribution in [2.24, 2.45) is 7.05 Å². The average Bonchev–Trinajstić information content (AvgIpc) is 2.18. The van der Waals surface area contributed by atoms with Crippen LogP contribution < -0.4 is 0 Å². The van der Waals surface area contributed by atoms with E-state index < -0.39 is 0 Å². The average molecular weight is 168 g/mol. The zero-order valence-electron chi connectivity index (χ0n) is 6.87. The Morgan fingerprint density at radius 2 is 2.27 bits per heavy atom. The van der Waals surface area contributed by atoms with Gasteiger partial charge in [-0.3, -0.25) is 0 Å². The summed E-state index contributed by atoms with van der Waals surface area (Å²) < 4.78 is 4.75. The van der Waals surface area contributed by atoms with Crippen LogP contribution in [0.5, 0.6) is 0 Å². The smallest absolute Gasteiger partial charge is 0.179 e. The van der Waals surface area contributed by atoms with Gasteiger partial charge in [-0.2, -0.15) is 0 Å². The summed E-state index contributed by atoms with van der Waals surface area (Å²) in [5.41, 5.74) is 1.12. The second-order valence-electron chi connectivity index (χ2n) is 2.78. The van der Waals surface area contributed by atoms with Crippen molar-refractivity contribution >= 4 is 12.2 Å². The summed E-state index contributed by atoms with van der Waals surface area (Å²) in [6.07, 6.45) is 3.92. The third kappa shape index (κ3) is 1.80. The van der Waals surface area contributed by atoms with E-state index in [0.717, 1.165) is 16.9 Å². The molecule has 11 heavy (non-hydrogen) atoms. The van der Waals surface area contributed by atoms with Gasteiger partial charge < -0.3 is 9.13 Å².